The van der Waals surface area contributed by atoms with Crippen LogP contribution in [0, 0.1) is 0 Å². The molecule has 1 aliphatic rings. The molecule has 0 saturated carbocycles. The van der Waals surface area contributed by atoms with Gasteiger partial charge in [0.2, 0.25) is 0 Å². The zero-order chi connectivity index (χ0) is 13.2. The number of anilines is 1. The van der Waals surface area contributed by atoms with Crippen LogP contribution in [0.2, 0.25) is 5.02 Å². The molecule has 0 aliphatic carbocycles. The van der Waals surface area contributed by atoms with Crippen molar-refractivity contribution in [2.45, 2.75) is 0 Å². The predicted molar refractivity (Wildman–Crippen MR) is 88.8 cm³/mol. The summed E-state index contributed by atoms with van der Waals surface area (Å²) in [5.41, 5.74) is 3.16. The molecule has 0 saturated heterocycles. The molecule has 1 heterocycles. The Labute approximate surface area is 126 Å². The second kappa shape index (κ2) is 5.37. The smallest absolute Gasteiger partial charge is 0.0861 e. The highest BCUT2D eigenvalue weighted by atomic mass is 35.5. The Morgan fingerprint density at radius 1 is 1.11 bits per heavy atom. The van der Waals surface area contributed by atoms with Crippen molar-refractivity contribution in [3.05, 3.63) is 69.7 Å². The number of thiocarbonyl (C=S) groups is 1. The van der Waals surface area contributed by atoms with Gasteiger partial charge in [-0.25, -0.2) is 0 Å². The molecule has 3 rings (SSSR count). The number of fused-ring (bicyclic) bond motifs is 1. The van der Waals surface area contributed by atoms with Crippen molar-refractivity contribution in [1.82, 2.24) is 0 Å². The van der Waals surface area contributed by atoms with Crippen LogP contribution >= 0.6 is 35.6 Å². The summed E-state index contributed by atoms with van der Waals surface area (Å²) in [6, 6.07) is 15.9. The lowest BCUT2D eigenvalue weighted by Crippen LogP contribution is -2.10. The Balaban J connectivity index is 1.95. The Kier molecular flexibility index (Phi) is 3.60. The molecule has 1 aliphatic heterocycles. The summed E-state index contributed by atoms with van der Waals surface area (Å²) in [6.07, 6.45) is 2.09. The Bertz CT molecular complexity index is 665. The van der Waals surface area contributed by atoms with Crippen molar-refractivity contribution in [3.63, 3.8) is 0 Å². The van der Waals surface area contributed by atoms with Crippen molar-refractivity contribution in [2.24, 2.45) is 0 Å². The number of hydrogen-bond donors (Lipinski definition) is 1. The molecule has 94 valence electrons. The van der Waals surface area contributed by atoms with Crippen molar-refractivity contribution >= 4 is 51.5 Å². The van der Waals surface area contributed by atoms with E-state index in [0.29, 0.717) is 5.02 Å². The maximum atomic E-state index is 6.00. The van der Waals surface area contributed by atoms with Gasteiger partial charge in [0.25, 0.3) is 0 Å². The van der Waals surface area contributed by atoms with Gasteiger partial charge in [0.1, 0.15) is 0 Å². The van der Waals surface area contributed by atoms with E-state index < -0.39 is 0 Å². The Morgan fingerprint density at radius 3 is 2.68 bits per heavy atom. The minimum absolute atomic E-state index is 0.707. The van der Waals surface area contributed by atoms with E-state index in [1.807, 2.05) is 36.4 Å². The van der Waals surface area contributed by atoms with Gasteiger partial charge in [-0.15, -0.1) is 0 Å². The molecule has 0 bridgehead atoms. The van der Waals surface area contributed by atoms with Gasteiger partial charge in [0, 0.05) is 16.3 Å². The average Bonchev–Trinajstić information content (AvgIpc) is 2.41. The molecule has 0 unspecified atom stereocenters. The highest BCUT2D eigenvalue weighted by Crippen LogP contribution is 2.36. The second-order valence-electron chi connectivity index (χ2n) is 4.12. The molecule has 2 aromatic rings. The first-order valence-corrected chi connectivity index (χ1v) is 7.38. The number of halogens is 1. The lowest BCUT2D eigenvalue weighted by molar-refractivity contribution is 1.54. The highest BCUT2D eigenvalue weighted by molar-refractivity contribution is 8.26. The summed E-state index contributed by atoms with van der Waals surface area (Å²) in [7, 11) is 0. The Morgan fingerprint density at radius 2 is 1.89 bits per heavy atom. The zero-order valence-corrected chi connectivity index (χ0v) is 12.3. The molecule has 0 aromatic heterocycles. The summed E-state index contributed by atoms with van der Waals surface area (Å²) in [4.78, 5) is 0. The summed E-state index contributed by atoms with van der Waals surface area (Å²) in [5.74, 6) is 0. The van der Waals surface area contributed by atoms with Crippen LogP contribution in [0.1, 0.15) is 11.1 Å². The maximum absolute atomic E-state index is 6.00. The maximum Gasteiger partial charge on any atom is 0.0861 e. The first-order chi connectivity index (χ1) is 9.22. The first kappa shape index (κ1) is 12.7. The van der Waals surface area contributed by atoms with E-state index in [1.54, 1.807) is 11.8 Å². The molecule has 0 amide bonds. The fourth-order valence-electron chi connectivity index (χ4n) is 1.87. The molecule has 0 atom stereocenters. The number of thioether (sulfide) groups is 1. The standard InChI is InChI=1S/C15H10ClNS2/c16-11-6-7-13-12(9-11)15(18)19-14(17-13)8-10-4-2-1-3-5-10/h1-9,17H/b14-8-. The number of rotatable bonds is 1. The third-order valence-electron chi connectivity index (χ3n) is 2.76. The van der Waals surface area contributed by atoms with Gasteiger partial charge in [-0.05, 0) is 29.8 Å². The highest BCUT2D eigenvalue weighted by Gasteiger charge is 2.18. The fraction of sp³-hybridized carbons (Fsp3) is 0. The van der Waals surface area contributed by atoms with Crippen molar-refractivity contribution in [1.29, 1.82) is 0 Å². The lowest BCUT2D eigenvalue weighted by Gasteiger charge is -2.21. The van der Waals surface area contributed by atoms with Crippen LogP contribution in [0.4, 0.5) is 5.69 Å². The van der Waals surface area contributed by atoms with Crippen molar-refractivity contribution < 1.29 is 0 Å². The molecule has 0 spiro atoms. The molecule has 19 heavy (non-hydrogen) atoms. The topological polar surface area (TPSA) is 12.0 Å². The third-order valence-corrected chi connectivity index (χ3v) is 4.31. The van der Waals surface area contributed by atoms with E-state index in [1.165, 1.54) is 0 Å². The van der Waals surface area contributed by atoms with Crippen LogP contribution in [0.5, 0.6) is 0 Å². The first-order valence-electron chi connectivity index (χ1n) is 5.78. The third kappa shape index (κ3) is 2.84. The average molecular weight is 304 g/mol. The SMILES string of the molecule is S=C1S/C(=C\c2ccccc2)Nc2ccc(Cl)cc21. The van der Waals surface area contributed by atoms with Gasteiger partial charge in [-0.1, -0.05) is 65.9 Å². The Hall–Kier alpha value is -1.29. The number of hydrogen-bond acceptors (Lipinski definition) is 3. The normalized spacial score (nSPS) is 16.1. The lowest BCUT2D eigenvalue weighted by atomic mass is 10.2. The van der Waals surface area contributed by atoms with E-state index in [9.17, 15) is 0 Å². The molecule has 1 nitrogen and oxygen atoms in total. The van der Waals surface area contributed by atoms with Gasteiger partial charge < -0.3 is 5.32 Å². The van der Waals surface area contributed by atoms with E-state index in [-0.39, 0.29) is 0 Å². The minimum atomic E-state index is 0.707. The molecule has 0 radical (unpaired) electrons. The van der Waals surface area contributed by atoms with Gasteiger partial charge in [-0.2, -0.15) is 0 Å². The molecular weight excluding hydrogens is 294 g/mol. The van der Waals surface area contributed by atoms with E-state index in [0.717, 1.165) is 26.0 Å². The van der Waals surface area contributed by atoms with Gasteiger partial charge in [0.05, 0.1) is 9.23 Å². The van der Waals surface area contributed by atoms with Crippen molar-refractivity contribution in [2.75, 3.05) is 5.32 Å². The number of benzene rings is 2. The molecule has 0 fully saturated rings. The van der Waals surface area contributed by atoms with Crippen LogP contribution in [0.25, 0.3) is 6.08 Å². The van der Waals surface area contributed by atoms with Crippen LogP contribution < -0.4 is 5.32 Å². The van der Waals surface area contributed by atoms with Gasteiger partial charge in [-0.3, -0.25) is 0 Å². The predicted octanol–water partition coefficient (Wildman–Crippen LogP) is 5.17. The van der Waals surface area contributed by atoms with Crippen molar-refractivity contribution in [3.8, 4) is 0 Å². The monoisotopic (exact) mass is 303 g/mol. The summed E-state index contributed by atoms with van der Waals surface area (Å²) < 4.78 is 0.846. The van der Waals surface area contributed by atoms with E-state index in [4.69, 9.17) is 23.8 Å². The second-order valence-corrected chi connectivity index (χ2v) is 6.28. The largest absolute Gasteiger partial charge is 0.349 e. The number of nitrogens with one attached hydrogen (secondary N) is 1. The summed E-state index contributed by atoms with van der Waals surface area (Å²) in [6.45, 7) is 0. The van der Waals surface area contributed by atoms with E-state index >= 15 is 0 Å². The molecule has 2 aromatic carbocycles. The minimum Gasteiger partial charge on any atom is -0.349 e. The van der Waals surface area contributed by atoms with E-state index in [2.05, 4.69) is 23.5 Å². The fourth-order valence-corrected chi connectivity index (χ4v) is 3.32. The molecule has 4 heteroatoms. The zero-order valence-electron chi connectivity index (χ0n) is 9.89. The van der Waals surface area contributed by atoms with Crippen LogP contribution in [-0.4, -0.2) is 4.20 Å². The van der Waals surface area contributed by atoms with Crippen LogP contribution in [0.3, 0.4) is 0 Å². The van der Waals surface area contributed by atoms with Gasteiger partial charge >= 0.3 is 0 Å². The van der Waals surface area contributed by atoms with Crippen LogP contribution in [0.15, 0.2) is 53.6 Å². The molecule has 1 N–H and O–H groups in total. The summed E-state index contributed by atoms with van der Waals surface area (Å²) >= 11 is 13.0. The molecular formula is C15H10ClNS2. The van der Waals surface area contributed by atoms with Crippen LogP contribution in [-0.2, 0) is 0 Å². The summed E-state index contributed by atoms with van der Waals surface area (Å²) in [5, 5.41) is 5.12. The quantitative estimate of drug-likeness (QED) is 0.730. The van der Waals surface area contributed by atoms with Gasteiger partial charge in [0.15, 0.2) is 0 Å².